The summed E-state index contributed by atoms with van der Waals surface area (Å²) in [4.78, 5) is 10.2. The molecule has 1 aliphatic rings. The van der Waals surface area contributed by atoms with E-state index in [2.05, 4.69) is 0 Å². The Morgan fingerprint density at radius 3 is 2.80 bits per heavy atom. The lowest BCUT2D eigenvalue weighted by Gasteiger charge is -2.05. The first-order valence-corrected chi connectivity index (χ1v) is 3.54. The number of carboxylic acid groups (broad SMARTS) is 1. The first kappa shape index (κ1) is 7.54. The Morgan fingerprint density at radius 1 is 1.80 bits per heavy atom. The first-order valence-electron chi connectivity index (χ1n) is 3.54. The minimum Gasteiger partial charge on any atom is -0.479 e. The molecule has 0 aliphatic heterocycles. The Hall–Kier alpha value is -0.570. The van der Waals surface area contributed by atoms with E-state index in [9.17, 15) is 4.79 Å². The van der Waals surface area contributed by atoms with Gasteiger partial charge in [0.2, 0.25) is 0 Å². The zero-order chi connectivity index (χ0) is 7.56. The van der Waals surface area contributed by atoms with Crippen molar-refractivity contribution in [2.75, 3.05) is 6.61 Å². The van der Waals surface area contributed by atoms with E-state index in [1.54, 1.807) is 6.92 Å². The van der Waals surface area contributed by atoms with Gasteiger partial charge < -0.3 is 9.84 Å². The number of hydrogen-bond acceptors (Lipinski definition) is 2. The molecule has 10 heavy (non-hydrogen) atoms. The molecule has 0 amide bonds. The summed E-state index contributed by atoms with van der Waals surface area (Å²) in [6.45, 7) is 2.18. The van der Waals surface area contributed by atoms with Crippen LogP contribution in [-0.2, 0) is 9.53 Å². The molecule has 1 saturated carbocycles. The normalized spacial score (nSPS) is 20.5. The number of aliphatic carboxylic acids is 1. The fourth-order valence-corrected chi connectivity index (χ4v) is 0.636. The molecule has 0 aromatic heterocycles. The van der Waals surface area contributed by atoms with Crippen LogP contribution in [-0.4, -0.2) is 23.8 Å². The molecule has 0 aromatic rings. The van der Waals surface area contributed by atoms with Gasteiger partial charge in [0.1, 0.15) is 0 Å². The molecule has 0 unspecified atom stereocenters. The maximum atomic E-state index is 10.2. The molecule has 1 atom stereocenters. The van der Waals surface area contributed by atoms with Crippen molar-refractivity contribution in [3.63, 3.8) is 0 Å². The lowest BCUT2D eigenvalue weighted by Crippen LogP contribution is -2.20. The van der Waals surface area contributed by atoms with Crippen molar-refractivity contribution < 1.29 is 14.6 Å². The molecule has 1 fully saturated rings. The van der Waals surface area contributed by atoms with Gasteiger partial charge in [-0.15, -0.1) is 0 Å². The molecule has 0 saturated heterocycles. The molecule has 1 rings (SSSR count). The van der Waals surface area contributed by atoms with Gasteiger partial charge in [-0.2, -0.15) is 0 Å². The second-order valence-corrected chi connectivity index (χ2v) is 2.76. The van der Waals surface area contributed by atoms with Gasteiger partial charge in [-0.1, -0.05) is 0 Å². The van der Waals surface area contributed by atoms with E-state index < -0.39 is 12.1 Å². The fourth-order valence-electron chi connectivity index (χ4n) is 0.636. The molecule has 1 N–H and O–H groups in total. The first-order chi connectivity index (χ1) is 4.70. The monoisotopic (exact) mass is 144 g/mol. The predicted molar refractivity (Wildman–Crippen MR) is 35.8 cm³/mol. The van der Waals surface area contributed by atoms with Crippen LogP contribution in [0, 0.1) is 5.92 Å². The van der Waals surface area contributed by atoms with Crippen molar-refractivity contribution in [1.82, 2.24) is 0 Å². The Bertz CT molecular complexity index is 129. The third-order valence-corrected chi connectivity index (χ3v) is 1.63. The van der Waals surface area contributed by atoms with Crippen LogP contribution in [0.3, 0.4) is 0 Å². The highest BCUT2D eigenvalue weighted by Crippen LogP contribution is 2.29. The molecular formula is C7H12O3. The Kier molecular flexibility index (Phi) is 2.27. The van der Waals surface area contributed by atoms with E-state index in [1.165, 1.54) is 12.8 Å². The van der Waals surface area contributed by atoms with Crippen LogP contribution in [0.5, 0.6) is 0 Å². The SMILES string of the molecule is C[C@@H](OCC1CC1)C(=O)O. The third kappa shape index (κ3) is 2.35. The van der Waals surface area contributed by atoms with E-state index in [4.69, 9.17) is 9.84 Å². The summed E-state index contributed by atoms with van der Waals surface area (Å²) in [6.07, 6.45) is 1.76. The van der Waals surface area contributed by atoms with Crippen LogP contribution in [0.1, 0.15) is 19.8 Å². The Morgan fingerprint density at radius 2 is 2.40 bits per heavy atom. The molecule has 0 heterocycles. The van der Waals surface area contributed by atoms with Gasteiger partial charge in [-0.05, 0) is 25.7 Å². The Balaban J connectivity index is 2.05. The standard InChI is InChI=1S/C7H12O3/c1-5(7(8)9)10-4-6-2-3-6/h5-6H,2-4H2,1H3,(H,8,9)/t5-/m1/s1. The van der Waals surface area contributed by atoms with Gasteiger partial charge in [-0.25, -0.2) is 4.79 Å². The van der Waals surface area contributed by atoms with Gasteiger partial charge in [0.15, 0.2) is 6.10 Å². The van der Waals surface area contributed by atoms with E-state index in [-0.39, 0.29) is 0 Å². The highest BCUT2D eigenvalue weighted by atomic mass is 16.5. The molecule has 58 valence electrons. The third-order valence-electron chi connectivity index (χ3n) is 1.63. The zero-order valence-electron chi connectivity index (χ0n) is 6.04. The van der Waals surface area contributed by atoms with Crippen molar-refractivity contribution >= 4 is 5.97 Å². The molecule has 3 nitrogen and oxygen atoms in total. The zero-order valence-corrected chi connectivity index (χ0v) is 6.04. The fraction of sp³-hybridized carbons (Fsp3) is 0.857. The summed E-state index contributed by atoms with van der Waals surface area (Å²) in [5, 5.41) is 8.39. The van der Waals surface area contributed by atoms with E-state index in [1.807, 2.05) is 0 Å². The predicted octanol–water partition coefficient (Wildman–Crippen LogP) is 0.886. The van der Waals surface area contributed by atoms with Gasteiger partial charge in [0, 0.05) is 0 Å². The molecule has 0 aromatic carbocycles. The number of rotatable bonds is 4. The minimum absolute atomic E-state index is 0.619. The van der Waals surface area contributed by atoms with Crippen LogP contribution >= 0.6 is 0 Å². The van der Waals surface area contributed by atoms with Gasteiger partial charge in [0.05, 0.1) is 6.61 Å². The summed E-state index contributed by atoms with van der Waals surface area (Å²) < 4.78 is 5.03. The van der Waals surface area contributed by atoms with Crippen LogP contribution in [0.15, 0.2) is 0 Å². The van der Waals surface area contributed by atoms with E-state index in [0.717, 1.165) is 0 Å². The van der Waals surface area contributed by atoms with Crippen molar-refractivity contribution in [2.45, 2.75) is 25.9 Å². The van der Waals surface area contributed by atoms with Gasteiger partial charge in [-0.3, -0.25) is 0 Å². The largest absolute Gasteiger partial charge is 0.479 e. The van der Waals surface area contributed by atoms with Crippen LogP contribution in [0.25, 0.3) is 0 Å². The number of ether oxygens (including phenoxy) is 1. The minimum atomic E-state index is -0.874. The van der Waals surface area contributed by atoms with Crippen LogP contribution in [0.4, 0.5) is 0 Å². The number of hydrogen-bond donors (Lipinski definition) is 1. The highest BCUT2D eigenvalue weighted by molar-refractivity contribution is 5.71. The molecule has 3 heteroatoms. The summed E-state index contributed by atoms with van der Waals surface area (Å²) in [6, 6.07) is 0. The van der Waals surface area contributed by atoms with Gasteiger partial charge >= 0.3 is 5.97 Å². The van der Waals surface area contributed by atoms with Crippen molar-refractivity contribution in [3.05, 3.63) is 0 Å². The summed E-state index contributed by atoms with van der Waals surface area (Å²) in [5.74, 6) is -0.234. The lowest BCUT2D eigenvalue weighted by atomic mass is 10.4. The molecular weight excluding hydrogens is 132 g/mol. The summed E-state index contributed by atoms with van der Waals surface area (Å²) in [5.41, 5.74) is 0. The number of carboxylic acids is 1. The van der Waals surface area contributed by atoms with Gasteiger partial charge in [0.25, 0.3) is 0 Å². The second-order valence-electron chi connectivity index (χ2n) is 2.76. The van der Waals surface area contributed by atoms with E-state index in [0.29, 0.717) is 12.5 Å². The average molecular weight is 144 g/mol. The topological polar surface area (TPSA) is 46.5 Å². The maximum absolute atomic E-state index is 10.2. The lowest BCUT2D eigenvalue weighted by molar-refractivity contribution is -0.149. The smallest absolute Gasteiger partial charge is 0.332 e. The van der Waals surface area contributed by atoms with E-state index >= 15 is 0 Å². The van der Waals surface area contributed by atoms with Crippen LogP contribution in [0.2, 0.25) is 0 Å². The Labute approximate surface area is 60.0 Å². The number of carbonyl (C=O) groups is 1. The molecule has 0 bridgehead atoms. The van der Waals surface area contributed by atoms with Crippen molar-refractivity contribution in [3.8, 4) is 0 Å². The highest BCUT2D eigenvalue weighted by Gasteiger charge is 2.23. The molecule has 1 aliphatic carbocycles. The molecule has 0 radical (unpaired) electrons. The second kappa shape index (κ2) is 3.01. The molecule has 0 spiro atoms. The summed E-state index contributed by atoms with van der Waals surface area (Å²) in [7, 11) is 0. The van der Waals surface area contributed by atoms with Crippen LogP contribution < -0.4 is 0 Å². The average Bonchev–Trinajstić information content (AvgIpc) is 2.64. The maximum Gasteiger partial charge on any atom is 0.332 e. The van der Waals surface area contributed by atoms with Crippen molar-refractivity contribution in [2.24, 2.45) is 5.92 Å². The quantitative estimate of drug-likeness (QED) is 0.637. The summed E-state index contributed by atoms with van der Waals surface area (Å²) >= 11 is 0. The van der Waals surface area contributed by atoms with Crippen molar-refractivity contribution in [1.29, 1.82) is 0 Å².